The molecule has 0 aliphatic carbocycles. The van der Waals surface area contributed by atoms with E-state index in [1.165, 1.54) is 16.7 Å². The van der Waals surface area contributed by atoms with Gasteiger partial charge in [-0.2, -0.15) is 0 Å². The summed E-state index contributed by atoms with van der Waals surface area (Å²) in [4.78, 5) is 0. The van der Waals surface area contributed by atoms with Crippen molar-refractivity contribution in [2.24, 2.45) is 0 Å². The highest BCUT2D eigenvalue weighted by molar-refractivity contribution is 5.14. The van der Waals surface area contributed by atoms with Crippen LogP contribution in [0, 0.1) is 0 Å². The Morgan fingerprint density at radius 3 is 1.20 bits per heavy atom. The van der Waals surface area contributed by atoms with Crippen molar-refractivity contribution in [2.75, 3.05) is 13.2 Å². The van der Waals surface area contributed by atoms with Gasteiger partial charge in [-0.3, -0.25) is 0 Å². The highest BCUT2D eigenvalue weighted by Crippen LogP contribution is 2.04. The predicted octanol–water partition coefficient (Wildman–Crippen LogP) is 3.79. The molecular formula is C36H41N6O3+3. The van der Waals surface area contributed by atoms with E-state index in [1.807, 2.05) is 50.5 Å². The first-order valence-electron chi connectivity index (χ1n) is 15.3. The fourth-order valence-corrected chi connectivity index (χ4v) is 5.12. The summed E-state index contributed by atoms with van der Waals surface area (Å²) in [5.74, 6) is 0. The van der Waals surface area contributed by atoms with Crippen LogP contribution in [0.15, 0.2) is 147 Å². The van der Waals surface area contributed by atoms with Gasteiger partial charge in [-0.1, -0.05) is 91.0 Å². The van der Waals surface area contributed by atoms with Gasteiger partial charge < -0.3 is 14.2 Å². The maximum absolute atomic E-state index is 6.31. The number of imidazole rings is 3. The van der Waals surface area contributed by atoms with Gasteiger partial charge in [0.25, 0.3) is 0 Å². The summed E-state index contributed by atoms with van der Waals surface area (Å²) in [7, 11) is 0. The molecule has 0 saturated heterocycles. The monoisotopic (exact) mass is 605 g/mol. The van der Waals surface area contributed by atoms with Gasteiger partial charge >= 0.3 is 0 Å². The molecule has 9 heteroatoms. The number of nitrogens with zero attached hydrogens (tertiary/aromatic N) is 6. The Kier molecular flexibility index (Phi) is 10.6. The van der Waals surface area contributed by atoms with Crippen LogP contribution >= 0.6 is 0 Å². The molecule has 0 fully saturated rings. The zero-order valence-electron chi connectivity index (χ0n) is 25.5. The smallest absolute Gasteiger partial charge is 0.245 e. The number of hydrogen-bond donors (Lipinski definition) is 0. The molecule has 0 N–H and O–H groups in total. The van der Waals surface area contributed by atoms with Crippen LogP contribution in [0.1, 0.15) is 16.7 Å². The zero-order chi connectivity index (χ0) is 30.5. The molecule has 45 heavy (non-hydrogen) atoms. The number of rotatable bonds is 17. The minimum Gasteiger partial charge on any atom is -0.339 e. The number of hydrogen-bond acceptors (Lipinski definition) is 3. The van der Waals surface area contributed by atoms with Gasteiger partial charge in [0.1, 0.15) is 62.9 Å². The summed E-state index contributed by atoms with van der Waals surface area (Å²) < 4.78 is 31.1. The SMILES string of the molecule is c1ccc(C[n+]2ccn(COCC(COCn3cc[n+](Cc4ccccc4)c3)OCn3cc[n+](Cc4ccccc4)c3)c2)cc1. The van der Waals surface area contributed by atoms with Gasteiger partial charge in [0.2, 0.25) is 19.0 Å². The Labute approximate surface area is 264 Å². The highest BCUT2D eigenvalue weighted by Gasteiger charge is 2.15. The zero-order valence-corrected chi connectivity index (χ0v) is 25.5. The third-order valence-corrected chi connectivity index (χ3v) is 7.41. The summed E-state index contributed by atoms with van der Waals surface area (Å²) in [5.41, 5.74) is 3.77. The first-order valence-corrected chi connectivity index (χ1v) is 15.3. The van der Waals surface area contributed by atoms with E-state index in [-0.39, 0.29) is 6.10 Å². The second kappa shape index (κ2) is 15.8. The molecule has 230 valence electrons. The van der Waals surface area contributed by atoms with Crippen LogP contribution < -0.4 is 13.7 Å². The molecule has 0 unspecified atom stereocenters. The van der Waals surface area contributed by atoms with E-state index in [0.717, 1.165) is 19.6 Å². The van der Waals surface area contributed by atoms with Gasteiger partial charge in [0.15, 0.2) is 20.2 Å². The van der Waals surface area contributed by atoms with Crippen molar-refractivity contribution in [3.05, 3.63) is 164 Å². The van der Waals surface area contributed by atoms with Crippen LogP contribution in [0.2, 0.25) is 0 Å². The van der Waals surface area contributed by atoms with Crippen molar-refractivity contribution < 1.29 is 27.9 Å². The Hall–Kier alpha value is -4.83. The third kappa shape index (κ3) is 9.58. The van der Waals surface area contributed by atoms with Crippen LogP contribution in [0.4, 0.5) is 0 Å². The molecular weight excluding hydrogens is 564 g/mol. The predicted molar refractivity (Wildman–Crippen MR) is 167 cm³/mol. The van der Waals surface area contributed by atoms with Crippen LogP contribution in [0.5, 0.6) is 0 Å². The fraction of sp³-hybridized carbons (Fsp3) is 0.250. The standard InChI is InChI=1S/C36H41N6O3/c1-4-10-33(11-5-1)22-37-16-19-40(27-37)30-43-25-36(45-32-42-21-18-39(29-42)24-35-14-8-3-9-15-35)26-44-31-41-20-17-38(28-41)23-34-12-6-2-7-13-34/h1-21,27-29,36H,22-26,30-32H2/q+3. The van der Waals surface area contributed by atoms with Crippen molar-refractivity contribution in [2.45, 2.75) is 45.9 Å². The van der Waals surface area contributed by atoms with Crippen molar-refractivity contribution in [3.63, 3.8) is 0 Å². The lowest BCUT2D eigenvalue weighted by atomic mass is 10.2. The first kappa shape index (κ1) is 30.2. The molecule has 0 aliphatic heterocycles. The van der Waals surface area contributed by atoms with E-state index in [1.54, 1.807) is 0 Å². The molecule has 0 saturated carbocycles. The lowest BCUT2D eigenvalue weighted by molar-refractivity contribution is -0.688. The average Bonchev–Trinajstić information content (AvgIpc) is 3.83. The van der Waals surface area contributed by atoms with Gasteiger partial charge in [0.05, 0.1) is 13.2 Å². The lowest BCUT2D eigenvalue weighted by Crippen LogP contribution is -2.32. The molecule has 0 bridgehead atoms. The number of ether oxygens (including phenoxy) is 3. The summed E-state index contributed by atoms with van der Waals surface area (Å²) >= 11 is 0. The minimum absolute atomic E-state index is 0.242. The molecule has 0 radical (unpaired) electrons. The molecule has 0 aliphatic rings. The molecule has 3 aromatic heterocycles. The summed E-state index contributed by atoms with van der Waals surface area (Å²) in [6, 6.07) is 31.3. The van der Waals surface area contributed by atoms with E-state index in [4.69, 9.17) is 14.2 Å². The van der Waals surface area contributed by atoms with Crippen LogP contribution in [-0.2, 0) is 54.0 Å². The van der Waals surface area contributed by atoms with Gasteiger partial charge in [-0.05, 0) is 16.7 Å². The van der Waals surface area contributed by atoms with Crippen molar-refractivity contribution in [3.8, 4) is 0 Å². The van der Waals surface area contributed by atoms with E-state index in [2.05, 4.69) is 124 Å². The molecule has 0 spiro atoms. The van der Waals surface area contributed by atoms with Crippen LogP contribution in [-0.4, -0.2) is 33.0 Å². The van der Waals surface area contributed by atoms with Gasteiger partial charge in [-0.15, -0.1) is 0 Å². The number of aromatic nitrogens is 6. The van der Waals surface area contributed by atoms with Gasteiger partial charge in [-0.25, -0.2) is 27.4 Å². The molecule has 3 aromatic carbocycles. The second-order valence-corrected chi connectivity index (χ2v) is 11.2. The third-order valence-electron chi connectivity index (χ3n) is 7.41. The van der Waals surface area contributed by atoms with E-state index >= 15 is 0 Å². The van der Waals surface area contributed by atoms with Gasteiger partial charge in [0, 0.05) is 0 Å². The summed E-state index contributed by atoms with van der Waals surface area (Å²) in [5, 5.41) is 0. The quantitative estimate of drug-likeness (QED) is 0.149. The topological polar surface area (TPSA) is 54.1 Å². The summed E-state index contributed by atoms with van der Waals surface area (Å²) in [6.07, 6.45) is 18.2. The normalized spacial score (nSPS) is 11.4. The molecule has 6 rings (SSSR count). The fourth-order valence-electron chi connectivity index (χ4n) is 5.12. The molecule has 0 atom stereocenters. The molecule has 9 nitrogen and oxygen atoms in total. The summed E-state index contributed by atoms with van der Waals surface area (Å²) in [6.45, 7) is 4.52. The Morgan fingerprint density at radius 2 is 0.822 bits per heavy atom. The minimum atomic E-state index is -0.242. The van der Waals surface area contributed by atoms with E-state index < -0.39 is 0 Å². The molecule has 3 heterocycles. The van der Waals surface area contributed by atoms with Crippen molar-refractivity contribution in [1.29, 1.82) is 0 Å². The van der Waals surface area contributed by atoms with Crippen molar-refractivity contribution >= 4 is 0 Å². The highest BCUT2D eigenvalue weighted by atomic mass is 16.6. The Morgan fingerprint density at radius 1 is 0.467 bits per heavy atom. The Balaban J connectivity index is 1.01. The van der Waals surface area contributed by atoms with E-state index in [9.17, 15) is 0 Å². The Bertz CT molecular complexity index is 1610. The average molecular weight is 606 g/mol. The van der Waals surface area contributed by atoms with Crippen LogP contribution in [0.25, 0.3) is 0 Å². The maximum atomic E-state index is 6.31. The molecule has 0 amide bonds. The number of benzene rings is 3. The lowest BCUT2D eigenvalue weighted by Gasteiger charge is -2.16. The molecule has 6 aromatic rings. The largest absolute Gasteiger partial charge is 0.339 e. The van der Waals surface area contributed by atoms with Crippen LogP contribution in [0.3, 0.4) is 0 Å². The van der Waals surface area contributed by atoms with Crippen molar-refractivity contribution in [1.82, 2.24) is 13.7 Å². The first-order chi connectivity index (χ1) is 22.2. The maximum Gasteiger partial charge on any atom is 0.245 e. The van der Waals surface area contributed by atoms with E-state index in [0.29, 0.717) is 33.4 Å². The second-order valence-electron chi connectivity index (χ2n) is 11.2.